The van der Waals surface area contributed by atoms with Crippen LogP contribution >= 0.6 is 7.82 Å². The molecule has 0 saturated heterocycles. The van der Waals surface area contributed by atoms with Crippen LogP contribution in [0.15, 0.2) is 85.1 Å². The fourth-order valence-corrected chi connectivity index (χ4v) is 4.93. The first-order valence-electron chi connectivity index (χ1n) is 18.8. The Bertz CT molecular complexity index is 1160. The van der Waals surface area contributed by atoms with E-state index in [4.69, 9.17) is 19.3 Å². The zero-order valence-electron chi connectivity index (χ0n) is 31.2. The molecule has 0 radical (unpaired) electrons. The highest BCUT2D eigenvalue weighted by molar-refractivity contribution is 7.46. The van der Waals surface area contributed by atoms with Crippen molar-refractivity contribution in [3.05, 3.63) is 85.1 Å². The molecular formula is C41H65O9P. The SMILES string of the molecule is CC/C=C\C/C=C\C/C=C\CCCCCCCC(=O)OC[C@H](COP(=O)(O)O)OC(=O)CCC/C=C\C/C=C\C/C=C\C=C\C(=O)CCCCC. The van der Waals surface area contributed by atoms with E-state index in [2.05, 4.69) is 54.8 Å². The van der Waals surface area contributed by atoms with Crippen molar-refractivity contribution < 1.29 is 42.7 Å². The second-order valence-electron chi connectivity index (χ2n) is 12.2. The predicted molar refractivity (Wildman–Crippen MR) is 207 cm³/mol. The van der Waals surface area contributed by atoms with Crippen molar-refractivity contribution >= 4 is 25.5 Å². The molecule has 0 fully saturated rings. The Hall–Kier alpha value is -3.10. The molecule has 0 saturated carbocycles. The molecule has 0 amide bonds. The van der Waals surface area contributed by atoms with E-state index in [1.165, 1.54) is 0 Å². The molecule has 9 nitrogen and oxygen atoms in total. The minimum Gasteiger partial charge on any atom is -0.462 e. The monoisotopic (exact) mass is 732 g/mol. The lowest BCUT2D eigenvalue weighted by Crippen LogP contribution is -2.29. The van der Waals surface area contributed by atoms with Crippen LogP contribution < -0.4 is 0 Å². The van der Waals surface area contributed by atoms with Crippen molar-refractivity contribution in [1.29, 1.82) is 0 Å². The number of carbonyl (C=O) groups excluding carboxylic acids is 3. The molecule has 51 heavy (non-hydrogen) atoms. The van der Waals surface area contributed by atoms with Crippen molar-refractivity contribution in [1.82, 2.24) is 0 Å². The van der Waals surface area contributed by atoms with Gasteiger partial charge < -0.3 is 19.3 Å². The van der Waals surface area contributed by atoms with Crippen LogP contribution in [-0.2, 0) is 32.9 Å². The number of hydrogen-bond acceptors (Lipinski definition) is 7. The third-order valence-electron chi connectivity index (χ3n) is 7.37. The minimum atomic E-state index is -4.79. The molecule has 0 aliphatic heterocycles. The number of hydrogen-bond donors (Lipinski definition) is 2. The number of allylic oxidation sites excluding steroid dienone is 14. The van der Waals surface area contributed by atoms with Gasteiger partial charge in [-0.25, -0.2) is 4.57 Å². The van der Waals surface area contributed by atoms with Crippen molar-refractivity contribution in [2.75, 3.05) is 13.2 Å². The predicted octanol–water partition coefficient (Wildman–Crippen LogP) is 10.5. The Morgan fingerprint density at radius 2 is 1.14 bits per heavy atom. The zero-order chi connectivity index (χ0) is 37.7. The highest BCUT2D eigenvalue weighted by Crippen LogP contribution is 2.35. The Kier molecular flexibility index (Phi) is 33.2. The summed E-state index contributed by atoms with van der Waals surface area (Å²) >= 11 is 0. The van der Waals surface area contributed by atoms with Crippen molar-refractivity contribution in [3.8, 4) is 0 Å². The maximum Gasteiger partial charge on any atom is 0.469 e. The summed E-state index contributed by atoms with van der Waals surface area (Å²) in [4.78, 5) is 54.4. The lowest BCUT2D eigenvalue weighted by molar-refractivity contribution is -0.161. The van der Waals surface area contributed by atoms with E-state index < -0.39 is 32.5 Å². The molecular weight excluding hydrogens is 667 g/mol. The molecule has 0 rings (SSSR count). The average Bonchev–Trinajstić information content (AvgIpc) is 3.09. The first kappa shape index (κ1) is 47.9. The average molecular weight is 733 g/mol. The number of esters is 2. The van der Waals surface area contributed by atoms with Crippen LogP contribution in [0.25, 0.3) is 0 Å². The van der Waals surface area contributed by atoms with Gasteiger partial charge in [0, 0.05) is 19.3 Å². The molecule has 0 spiro atoms. The van der Waals surface area contributed by atoms with Gasteiger partial charge >= 0.3 is 19.8 Å². The van der Waals surface area contributed by atoms with Crippen molar-refractivity contribution in [3.63, 3.8) is 0 Å². The maximum atomic E-state index is 12.3. The molecule has 0 bridgehead atoms. The van der Waals surface area contributed by atoms with Gasteiger partial charge in [0.25, 0.3) is 0 Å². The van der Waals surface area contributed by atoms with E-state index in [9.17, 15) is 18.9 Å². The van der Waals surface area contributed by atoms with E-state index in [1.54, 1.807) is 12.2 Å². The Morgan fingerprint density at radius 1 is 0.588 bits per heavy atom. The lowest BCUT2D eigenvalue weighted by atomic mass is 10.1. The van der Waals surface area contributed by atoms with Gasteiger partial charge in [0.05, 0.1) is 6.61 Å². The van der Waals surface area contributed by atoms with Crippen LogP contribution in [0.2, 0.25) is 0 Å². The summed E-state index contributed by atoms with van der Waals surface area (Å²) in [7, 11) is -4.79. The van der Waals surface area contributed by atoms with Gasteiger partial charge in [-0.1, -0.05) is 125 Å². The first-order chi connectivity index (χ1) is 24.7. The van der Waals surface area contributed by atoms with Gasteiger partial charge in [-0.2, -0.15) is 0 Å². The van der Waals surface area contributed by atoms with Crippen LogP contribution in [0.1, 0.15) is 136 Å². The van der Waals surface area contributed by atoms with Gasteiger partial charge in [-0.15, -0.1) is 0 Å². The number of ketones is 1. The van der Waals surface area contributed by atoms with Crippen LogP contribution in [0.4, 0.5) is 0 Å². The largest absolute Gasteiger partial charge is 0.469 e. The summed E-state index contributed by atoms with van der Waals surface area (Å²) in [5.74, 6) is -0.854. The topological polar surface area (TPSA) is 136 Å². The summed E-state index contributed by atoms with van der Waals surface area (Å²) in [6, 6.07) is 0. The zero-order valence-corrected chi connectivity index (χ0v) is 32.1. The van der Waals surface area contributed by atoms with Gasteiger partial charge in [-0.3, -0.25) is 18.9 Å². The van der Waals surface area contributed by atoms with E-state index >= 15 is 0 Å². The quantitative estimate of drug-likeness (QED) is 0.0169. The van der Waals surface area contributed by atoms with Crippen molar-refractivity contribution in [2.45, 2.75) is 142 Å². The van der Waals surface area contributed by atoms with Crippen molar-refractivity contribution in [2.24, 2.45) is 0 Å². The number of phosphoric acid groups is 1. The summed E-state index contributed by atoms with van der Waals surface area (Å²) < 4.78 is 26.2. The van der Waals surface area contributed by atoms with Crippen LogP contribution in [-0.4, -0.2) is 46.8 Å². The van der Waals surface area contributed by atoms with Gasteiger partial charge in [-0.05, 0) is 76.7 Å². The molecule has 0 heterocycles. The van der Waals surface area contributed by atoms with Gasteiger partial charge in [0.1, 0.15) is 6.61 Å². The van der Waals surface area contributed by atoms with Crippen LogP contribution in [0.3, 0.4) is 0 Å². The Labute approximate surface area is 307 Å². The fraction of sp³-hybridized carbons (Fsp3) is 0.585. The number of rotatable bonds is 33. The normalized spacial score (nSPS) is 13.3. The van der Waals surface area contributed by atoms with Crippen LogP contribution in [0.5, 0.6) is 0 Å². The standard InChI is InChI=1S/C41H65O9P/c1-3-5-7-8-9-10-11-12-13-14-17-20-23-26-30-34-40(43)48-36-39(37-49-51(45,46)47)50-41(44)35-31-27-24-21-18-15-16-19-22-25-29-33-38(42)32-28-6-4-2/h5,7,9-10,12-13,15-16,21-22,24-25,29,33,39H,3-4,6,8,11,14,17-20,23,26-28,30-32,34-37H2,1-2H3,(H2,45,46,47)/b7-5-,10-9-,13-12-,16-15-,24-21-,25-22-,33-29+/t39-/m1/s1. The second kappa shape index (κ2) is 35.3. The summed E-state index contributed by atoms with van der Waals surface area (Å²) in [6.07, 6.45) is 42.9. The Morgan fingerprint density at radius 3 is 1.78 bits per heavy atom. The summed E-state index contributed by atoms with van der Waals surface area (Å²) in [5.41, 5.74) is 0. The van der Waals surface area contributed by atoms with E-state index in [0.717, 1.165) is 83.5 Å². The highest BCUT2D eigenvalue weighted by atomic mass is 31.2. The van der Waals surface area contributed by atoms with Gasteiger partial charge in [0.15, 0.2) is 11.9 Å². The van der Waals surface area contributed by atoms with E-state index in [-0.39, 0.29) is 25.2 Å². The third-order valence-corrected chi connectivity index (χ3v) is 7.86. The smallest absolute Gasteiger partial charge is 0.462 e. The molecule has 2 N–H and O–H groups in total. The molecule has 0 aliphatic rings. The number of phosphoric ester groups is 1. The minimum absolute atomic E-state index is 0.101. The molecule has 0 aliphatic carbocycles. The Balaban J connectivity index is 4.17. The molecule has 0 aromatic heterocycles. The molecule has 0 aromatic rings. The number of ether oxygens (including phenoxy) is 2. The molecule has 10 heteroatoms. The molecule has 288 valence electrons. The highest BCUT2D eigenvalue weighted by Gasteiger charge is 2.22. The fourth-order valence-electron chi connectivity index (χ4n) is 4.57. The third kappa shape index (κ3) is 38.0. The maximum absolute atomic E-state index is 12.3. The molecule has 0 aromatic carbocycles. The molecule has 1 atom stereocenters. The summed E-state index contributed by atoms with van der Waals surface area (Å²) in [6.45, 7) is 3.32. The first-order valence-corrected chi connectivity index (χ1v) is 20.4. The van der Waals surface area contributed by atoms with E-state index in [1.807, 2.05) is 36.5 Å². The van der Waals surface area contributed by atoms with E-state index in [0.29, 0.717) is 25.7 Å². The van der Waals surface area contributed by atoms with Gasteiger partial charge in [0.2, 0.25) is 0 Å². The second-order valence-corrected chi connectivity index (χ2v) is 13.4. The summed E-state index contributed by atoms with van der Waals surface area (Å²) in [5, 5.41) is 0. The molecule has 0 unspecified atom stereocenters. The number of unbranched alkanes of at least 4 members (excludes halogenated alkanes) is 8. The number of carbonyl (C=O) groups is 3. The van der Waals surface area contributed by atoms with Crippen LogP contribution in [0, 0.1) is 0 Å². The lowest BCUT2D eigenvalue weighted by Gasteiger charge is -2.18.